The van der Waals surface area contributed by atoms with E-state index in [-0.39, 0.29) is 35.6 Å². The maximum absolute atomic E-state index is 14.0. The van der Waals surface area contributed by atoms with E-state index in [0.29, 0.717) is 5.56 Å². The summed E-state index contributed by atoms with van der Waals surface area (Å²) >= 11 is 0. The summed E-state index contributed by atoms with van der Waals surface area (Å²) in [5, 5.41) is 3.16. The summed E-state index contributed by atoms with van der Waals surface area (Å²) < 4.78 is 14.0. The smallest absolute Gasteiger partial charge is 0.223 e. The number of halogens is 1. The van der Waals surface area contributed by atoms with Gasteiger partial charge in [-0.25, -0.2) is 4.39 Å². The molecule has 0 aromatic heterocycles. The molecule has 2 aliphatic carbocycles. The van der Waals surface area contributed by atoms with Gasteiger partial charge in [-0.15, -0.1) is 0 Å². The van der Waals surface area contributed by atoms with E-state index >= 15 is 0 Å². The van der Waals surface area contributed by atoms with Crippen molar-refractivity contribution < 1.29 is 9.18 Å². The van der Waals surface area contributed by atoms with Crippen LogP contribution in [-0.4, -0.2) is 18.0 Å². The standard InChI is InChI=1S/C19H26FN2O/c20-16-9-2-1-8-15(16)13-6-5-7-14(12-13)19(23)22-18-11-4-3-10-17(18)21/h2,8-9,13-14,17-18H,3-7,10-12,21H2,(H,22,23)/t13?,14?,17-,18-/m1/s1. The topological polar surface area (TPSA) is 55.1 Å². The Kier molecular flexibility index (Phi) is 5.31. The summed E-state index contributed by atoms with van der Waals surface area (Å²) in [6.45, 7) is 0. The van der Waals surface area contributed by atoms with Crippen LogP contribution in [0.4, 0.5) is 4.39 Å². The highest BCUT2D eigenvalue weighted by Gasteiger charge is 2.31. The maximum atomic E-state index is 14.0. The highest BCUT2D eigenvalue weighted by molar-refractivity contribution is 5.79. The van der Waals surface area contributed by atoms with Gasteiger partial charge in [-0.05, 0) is 61.8 Å². The molecule has 0 bridgehead atoms. The number of rotatable bonds is 3. The van der Waals surface area contributed by atoms with Crippen LogP contribution in [0.1, 0.15) is 62.8 Å². The van der Waals surface area contributed by atoms with Crippen LogP contribution in [0, 0.1) is 17.8 Å². The molecule has 2 fully saturated rings. The number of nitrogens with two attached hydrogens (primary N) is 1. The number of nitrogens with one attached hydrogen (secondary N) is 1. The Morgan fingerprint density at radius 1 is 1.22 bits per heavy atom. The second-order valence-corrected chi connectivity index (χ2v) is 7.07. The molecule has 2 saturated carbocycles. The summed E-state index contributed by atoms with van der Waals surface area (Å²) in [6.07, 6.45) is 7.79. The van der Waals surface area contributed by atoms with Gasteiger partial charge in [0.25, 0.3) is 0 Å². The van der Waals surface area contributed by atoms with Crippen molar-refractivity contribution in [2.75, 3.05) is 0 Å². The second-order valence-electron chi connectivity index (χ2n) is 7.07. The van der Waals surface area contributed by atoms with Crippen LogP contribution in [0.2, 0.25) is 0 Å². The molecule has 125 valence electrons. The van der Waals surface area contributed by atoms with Crippen molar-refractivity contribution in [1.82, 2.24) is 5.32 Å². The van der Waals surface area contributed by atoms with E-state index in [1.807, 2.05) is 0 Å². The first-order valence-corrected chi connectivity index (χ1v) is 8.86. The fourth-order valence-corrected chi connectivity index (χ4v) is 4.09. The van der Waals surface area contributed by atoms with E-state index in [0.717, 1.165) is 51.4 Å². The summed E-state index contributed by atoms with van der Waals surface area (Å²) in [5.41, 5.74) is 6.83. The fourth-order valence-electron chi connectivity index (χ4n) is 4.09. The molecule has 23 heavy (non-hydrogen) atoms. The van der Waals surface area contributed by atoms with Gasteiger partial charge in [-0.3, -0.25) is 4.79 Å². The van der Waals surface area contributed by atoms with Gasteiger partial charge in [0.15, 0.2) is 0 Å². The van der Waals surface area contributed by atoms with Gasteiger partial charge in [0.2, 0.25) is 5.91 Å². The van der Waals surface area contributed by atoms with Gasteiger partial charge in [-0.1, -0.05) is 25.3 Å². The van der Waals surface area contributed by atoms with Crippen LogP contribution in [0.5, 0.6) is 0 Å². The van der Waals surface area contributed by atoms with Crippen molar-refractivity contribution in [3.8, 4) is 0 Å². The van der Waals surface area contributed by atoms with E-state index in [1.54, 1.807) is 12.1 Å². The molecule has 4 heteroatoms. The van der Waals surface area contributed by atoms with E-state index in [2.05, 4.69) is 11.4 Å². The van der Waals surface area contributed by atoms with Gasteiger partial charge in [0.1, 0.15) is 5.82 Å². The Hall–Kier alpha value is -1.42. The van der Waals surface area contributed by atoms with Gasteiger partial charge >= 0.3 is 0 Å². The number of benzene rings is 1. The molecule has 3 nitrogen and oxygen atoms in total. The fraction of sp³-hybridized carbons (Fsp3) is 0.632. The lowest BCUT2D eigenvalue weighted by Gasteiger charge is -2.33. The third kappa shape index (κ3) is 3.92. The van der Waals surface area contributed by atoms with Crippen LogP contribution >= 0.6 is 0 Å². The molecule has 1 aromatic rings. The Labute approximate surface area is 137 Å². The first-order chi connectivity index (χ1) is 11.1. The van der Waals surface area contributed by atoms with Crippen molar-refractivity contribution in [2.45, 2.75) is 69.4 Å². The molecule has 1 amide bonds. The number of amides is 1. The highest BCUT2D eigenvalue weighted by atomic mass is 19.1. The zero-order valence-electron chi connectivity index (χ0n) is 13.6. The number of hydrogen-bond acceptors (Lipinski definition) is 2. The number of carbonyl (C=O) groups is 1. The SMILES string of the molecule is N[C@@H]1CCCC[C@H]1NC(=O)C1CCCC(c2c[c]ccc2F)C1. The van der Waals surface area contributed by atoms with Gasteiger partial charge in [-0.2, -0.15) is 0 Å². The lowest BCUT2D eigenvalue weighted by atomic mass is 9.77. The molecule has 2 unspecified atom stereocenters. The second kappa shape index (κ2) is 7.43. The zero-order chi connectivity index (χ0) is 16.2. The van der Waals surface area contributed by atoms with Crippen LogP contribution < -0.4 is 11.1 Å². The molecule has 0 aliphatic heterocycles. The Morgan fingerprint density at radius 2 is 2.04 bits per heavy atom. The first-order valence-electron chi connectivity index (χ1n) is 8.86. The van der Waals surface area contributed by atoms with Crippen LogP contribution in [0.3, 0.4) is 0 Å². The highest BCUT2D eigenvalue weighted by Crippen LogP contribution is 2.37. The van der Waals surface area contributed by atoms with E-state index in [4.69, 9.17) is 5.73 Å². The minimum Gasteiger partial charge on any atom is -0.352 e. The van der Waals surface area contributed by atoms with Crippen molar-refractivity contribution in [2.24, 2.45) is 11.7 Å². The predicted molar refractivity (Wildman–Crippen MR) is 88.3 cm³/mol. The summed E-state index contributed by atoms with van der Waals surface area (Å²) in [4.78, 5) is 12.6. The van der Waals surface area contributed by atoms with Crippen molar-refractivity contribution in [1.29, 1.82) is 0 Å². The maximum Gasteiger partial charge on any atom is 0.223 e. The van der Waals surface area contributed by atoms with Crippen molar-refractivity contribution in [3.63, 3.8) is 0 Å². The third-order valence-corrected chi connectivity index (χ3v) is 5.47. The van der Waals surface area contributed by atoms with Gasteiger partial charge < -0.3 is 11.1 Å². The molecule has 0 heterocycles. The largest absolute Gasteiger partial charge is 0.352 e. The molecule has 0 spiro atoms. The lowest BCUT2D eigenvalue weighted by Crippen LogP contribution is -2.51. The van der Waals surface area contributed by atoms with Gasteiger partial charge in [0, 0.05) is 18.0 Å². The van der Waals surface area contributed by atoms with E-state index in [1.165, 1.54) is 6.07 Å². The van der Waals surface area contributed by atoms with Crippen molar-refractivity contribution >= 4 is 5.91 Å². The molecular weight excluding hydrogens is 291 g/mol. The van der Waals surface area contributed by atoms with Crippen LogP contribution in [0.25, 0.3) is 0 Å². The third-order valence-electron chi connectivity index (χ3n) is 5.47. The predicted octanol–water partition coefficient (Wildman–Crippen LogP) is 3.29. The number of carbonyl (C=O) groups excluding carboxylic acids is 1. The monoisotopic (exact) mass is 317 g/mol. The zero-order valence-corrected chi connectivity index (χ0v) is 13.6. The summed E-state index contributed by atoms with van der Waals surface area (Å²) in [6, 6.07) is 7.93. The molecule has 4 atom stereocenters. The summed E-state index contributed by atoms with van der Waals surface area (Å²) in [7, 11) is 0. The van der Waals surface area contributed by atoms with Crippen molar-refractivity contribution in [3.05, 3.63) is 35.6 Å². The molecule has 0 saturated heterocycles. The molecule has 3 rings (SSSR count). The molecule has 2 aliphatic rings. The first kappa shape index (κ1) is 16.4. The van der Waals surface area contributed by atoms with Crippen LogP contribution in [-0.2, 0) is 4.79 Å². The Bertz CT molecular complexity index is 548. The molecule has 1 radical (unpaired) electrons. The average Bonchev–Trinajstić information content (AvgIpc) is 2.57. The molecular formula is C19H26FN2O. The number of hydrogen-bond donors (Lipinski definition) is 2. The Balaban J connectivity index is 1.61. The quantitative estimate of drug-likeness (QED) is 0.899. The minimum absolute atomic E-state index is 0.0255. The van der Waals surface area contributed by atoms with Gasteiger partial charge in [0.05, 0.1) is 0 Å². The molecule has 1 aromatic carbocycles. The lowest BCUT2D eigenvalue weighted by molar-refractivity contribution is -0.127. The van der Waals surface area contributed by atoms with E-state index < -0.39 is 0 Å². The average molecular weight is 317 g/mol. The van der Waals surface area contributed by atoms with Crippen LogP contribution in [0.15, 0.2) is 18.2 Å². The summed E-state index contributed by atoms with van der Waals surface area (Å²) in [5.74, 6) is 0.0286. The minimum atomic E-state index is -0.177. The normalized spacial score (nSPS) is 31.6. The van der Waals surface area contributed by atoms with E-state index in [9.17, 15) is 9.18 Å². The molecule has 3 N–H and O–H groups in total. The Morgan fingerprint density at radius 3 is 2.83 bits per heavy atom.